The normalized spacial score (nSPS) is 18.7. The van der Waals surface area contributed by atoms with Gasteiger partial charge in [-0.25, -0.2) is 0 Å². The van der Waals surface area contributed by atoms with Crippen LogP contribution in [0, 0.1) is 5.92 Å². The molecular weight excluding hydrogens is 319 g/mol. The van der Waals surface area contributed by atoms with Crippen molar-refractivity contribution >= 4 is 13.1 Å². The van der Waals surface area contributed by atoms with Crippen LogP contribution in [-0.4, -0.2) is 51.8 Å². The van der Waals surface area contributed by atoms with Gasteiger partial charge in [0.25, 0.3) is 0 Å². The minimum atomic E-state index is -1.33. The number of nitrogens with zero attached hydrogens (tertiary/aromatic N) is 1. The van der Waals surface area contributed by atoms with Crippen LogP contribution in [0.3, 0.4) is 0 Å². The molecular formula is C18H29BN2O4. The van der Waals surface area contributed by atoms with Gasteiger partial charge in [-0.15, -0.1) is 0 Å². The summed E-state index contributed by atoms with van der Waals surface area (Å²) < 4.78 is 0. The summed E-state index contributed by atoms with van der Waals surface area (Å²) in [7, 11) is -1.33. The van der Waals surface area contributed by atoms with Gasteiger partial charge >= 0.3 is 13.1 Å². The molecule has 0 saturated carbocycles. The molecule has 0 aliphatic carbocycles. The topological polar surface area (TPSA) is 107 Å². The highest BCUT2D eigenvalue weighted by molar-refractivity contribution is 6.40. The van der Waals surface area contributed by atoms with Gasteiger partial charge in [0.15, 0.2) is 0 Å². The predicted molar refractivity (Wildman–Crippen MR) is 97.8 cm³/mol. The van der Waals surface area contributed by atoms with Gasteiger partial charge < -0.3 is 20.9 Å². The third-order valence-corrected chi connectivity index (χ3v) is 5.27. The highest BCUT2D eigenvalue weighted by atomic mass is 16.4. The number of benzene rings is 1. The third kappa shape index (κ3) is 5.82. The van der Waals surface area contributed by atoms with Crippen molar-refractivity contribution in [3.63, 3.8) is 0 Å². The Hall–Kier alpha value is -1.41. The number of carboxylic acid groups (broad SMARTS) is 1. The molecule has 1 heterocycles. The van der Waals surface area contributed by atoms with Crippen molar-refractivity contribution < 1.29 is 19.9 Å². The van der Waals surface area contributed by atoms with E-state index in [1.54, 1.807) is 0 Å². The zero-order valence-corrected chi connectivity index (χ0v) is 14.7. The quantitative estimate of drug-likeness (QED) is 0.396. The van der Waals surface area contributed by atoms with Crippen LogP contribution in [0.4, 0.5) is 0 Å². The Kier molecular flexibility index (Phi) is 7.44. The predicted octanol–water partition coefficient (Wildman–Crippen LogP) is 1.32. The van der Waals surface area contributed by atoms with Gasteiger partial charge in [0, 0.05) is 6.54 Å². The number of rotatable bonds is 9. The average molecular weight is 348 g/mol. The molecule has 0 bridgehead atoms. The van der Waals surface area contributed by atoms with Crippen LogP contribution in [-0.2, 0) is 11.3 Å². The zero-order valence-electron chi connectivity index (χ0n) is 14.7. The summed E-state index contributed by atoms with van der Waals surface area (Å²) in [6.07, 6.45) is 3.33. The molecule has 0 aromatic heterocycles. The lowest BCUT2D eigenvalue weighted by Crippen LogP contribution is -2.56. The van der Waals surface area contributed by atoms with Crippen LogP contribution in [0.25, 0.3) is 0 Å². The van der Waals surface area contributed by atoms with Crippen LogP contribution < -0.4 is 5.73 Å². The fraction of sp³-hybridized carbons (Fsp3) is 0.611. The number of likely N-dealkylation sites (tertiary alicyclic amines) is 1. The third-order valence-electron chi connectivity index (χ3n) is 5.27. The molecule has 7 heteroatoms. The van der Waals surface area contributed by atoms with Crippen molar-refractivity contribution in [1.82, 2.24) is 4.90 Å². The summed E-state index contributed by atoms with van der Waals surface area (Å²) >= 11 is 0. The molecule has 0 amide bonds. The van der Waals surface area contributed by atoms with E-state index in [1.807, 2.05) is 18.2 Å². The van der Waals surface area contributed by atoms with Crippen molar-refractivity contribution in [2.75, 3.05) is 13.1 Å². The lowest BCUT2D eigenvalue weighted by molar-refractivity contribution is -0.147. The molecule has 1 atom stereocenters. The van der Waals surface area contributed by atoms with Crippen LogP contribution in [0.15, 0.2) is 30.3 Å². The summed E-state index contributed by atoms with van der Waals surface area (Å²) in [4.78, 5) is 14.1. The zero-order chi connectivity index (χ0) is 18.3. The van der Waals surface area contributed by atoms with E-state index in [4.69, 9.17) is 15.8 Å². The maximum absolute atomic E-state index is 11.8. The van der Waals surface area contributed by atoms with E-state index in [0.717, 1.165) is 32.5 Å². The van der Waals surface area contributed by atoms with E-state index in [1.165, 1.54) is 5.56 Å². The summed E-state index contributed by atoms with van der Waals surface area (Å²) in [5.41, 5.74) is 6.33. The number of carboxylic acids is 1. The van der Waals surface area contributed by atoms with Gasteiger partial charge in [-0.05, 0) is 50.2 Å². The number of carbonyl (C=O) groups is 1. The monoisotopic (exact) mass is 348 g/mol. The SMILES string of the molecule is N[C@](CCCCB(O)O)(C(=O)O)C1CCN(Cc2ccccc2)CC1. The molecule has 1 saturated heterocycles. The maximum atomic E-state index is 11.8. The molecule has 1 aliphatic rings. The molecule has 0 spiro atoms. The lowest BCUT2D eigenvalue weighted by Gasteiger charge is -2.40. The molecule has 138 valence electrons. The number of piperidine rings is 1. The Morgan fingerprint density at radius 1 is 1.20 bits per heavy atom. The molecule has 6 nitrogen and oxygen atoms in total. The molecule has 5 N–H and O–H groups in total. The standard InChI is InChI=1S/C18H29BN2O4/c20-18(17(22)23,10-4-5-11-19(24)25)16-8-12-21(13-9-16)14-15-6-2-1-3-7-15/h1-3,6-7,16,24-25H,4-5,8-14,20H2,(H,22,23)/t18-/m0/s1. The fourth-order valence-electron chi connectivity index (χ4n) is 3.68. The van der Waals surface area contributed by atoms with E-state index < -0.39 is 18.6 Å². The Morgan fingerprint density at radius 2 is 1.84 bits per heavy atom. The molecule has 1 aliphatic heterocycles. The lowest BCUT2D eigenvalue weighted by atomic mass is 9.74. The van der Waals surface area contributed by atoms with Gasteiger partial charge in [0.05, 0.1) is 0 Å². The molecule has 1 aromatic rings. The first-order valence-corrected chi connectivity index (χ1v) is 9.06. The number of nitrogens with two attached hydrogens (primary N) is 1. The Balaban J connectivity index is 1.85. The van der Waals surface area contributed by atoms with Gasteiger partial charge in [0.2, 0.25) is 0 Å². The molecule has 1 fully saturated rings. The van der Waals surface area contributed by atoms with Crippen LogP contribution in [0.5, 0.6) is 0 Å². The van der Waals surface area contributed by atoms with Crippen LogP contribution >= 0.6 is 0 Å². The van der Waals surface area contributed by atoms with Gasteiger partial charge in [-0.2, -0.15) is 0 Å². The van der Waals surface area contributed by atoms with E-state index in [0.29, 0.717) is 19.3 Å². The van der Waals surface area contributed by atoms with Gasteiger partial charge in [-0.1, -0.05) is 43.2 Å². The largest absolute Gasteiger partial charge is 0.480 e. The Morgan fingerprint density at radius 3 is 2.40 bits per heavy atom. The minimum absolute atomic E-state index is 0.0453. The highest BCUT2D eigenvalue weighted by Crippen LogP contribution is 2.31. The molecule has 0 radical (unpaired) electrons. The fourth-order valence-corrected chi connectivity index (χ4v) is 3.68. The minimum Gasteiger partial charge on any atom is -0.480 e. The average Bonchev–Trinajstić information content (AvgIpc) is 2.59. The van der Waals surface area contributed by atoms with Crippen molar-refractivity contribution in [3.05, 3.63) is 35.9 Å². The molecule has 0 unspecified atom stereocenters. The summed E-state index contributed by atoms with van der Waals surface area (Å²) in [5.74, 6) is -0.991. The second-order valence-electron chi connectivity index (χ2n) is 7.11. The number of aliphatic carboxylic acids is 1. The van der Waals surface area contributed by atoms with Gasteiger partial charge in [0.1, 0.15) is 5.54 Å². The number of unbranched alkanes of at least 4 members (excludes halogenated alkanes) is 1. The van der Waals surface area contributed by atoms with Crippen molar-refractivity contribution in [2.45, 2.75) is 50.5 Å². The first-order valence-electron chi connectivity index (χ1n) is 9.06. The molecule has 1 aromatic carbocycles. The van der Waals surface area contributed by atoms with Crippen LogP contribution in [0.2, 0.25) is 6.32 Å². The smallest absolute Gasteiger partial charge is 0.451 e. The van der Waals surface area contributed by atoms with Crippen LogP contribution in [0.1, 0.15) is 37.7 Å². The Bertz CT molecular complexity index is 535. The maximum Gasteiger partial charge on any atom is 0.451 e. The first-order chi connectivity index (χ1) is 11.9. The molecule has 2 rings (SSSR count). The summed E-state index contributed by atoms with van der Waals surface area (Å²) in [5, 5.41) is 27.4. The van der Waals surface area contributed by atoms with Crippen molar-refractivity contribution in [1.29, 1.82) is 0 Å². The molecule has 25 heavy (non-hydrogen) atoms. The van der Waals surface area contributed by atoms with E-state index >= 15 is 0 Å². The highest BCUT2D eigenvalue weighted by Gasteiger charge is 2.42. The second kappa shape index (κ2) is 9.34. The summed E-state index contributed by atoms with van der Waals surface area (Å²) in [6, 6.07) is 10.3. The number of hydrogen-bond acceptors (Lipinski definition) is 5. The summed E-state index contributed by atoms with van der Waals surface area (Å²) in [6.45, 7) is 2.58. The second-order valence-corrected chi connectivity index (χ2v) is 7.11. The van der Waals surface area contributed by atoms with Crippen molar-refractivity contribution in [3.8, 4) is 0 Å². The van der Waals surface area contributed by atoms with E-state index in [2.05, 4.69) is 17.0 Å². The Labute approximate surface area is 149 Å². The van der Waals surface area contributed by atoms with Gasteiger partial charge in [-0.3, -0.25) is 9.69 Å². The number of hydrogen-bond donors (Lipinski definition) is 4. The van der Waals surface area contributed by atoms with E-state index in [-0.39, 0.29) is 12.2 Å². The van der Waals surface area contributed by atoms with Crippen molar-refractivity contribution in [2.24, 2.45) is 11.7 Å². The van der Waals surface area contributed by atoms with E-state index in [9.17, 15) is 9.90 Å². The first kappa shape index (κ1) is 19.9.